The number of rotatable bonds is 6. The minimum absolute atomic E-state index is 0. The van der Waals surface area contributed by atoms with Gasteiger partial charge in [-0.3, -0.25) is 0 Å². The van der Waals surface area contributed by atoms with Crippen molar-refractivity contribution >= 4 is 22.4 Å². The molecule has 1 aromatic rings. The maximum atomic E-state index is 12.1. The third-order valence-corrected chi connectivity index (χ3v) is 4.60. The van der Waals surface area contributed by atoms with Gasteiger partial charge < -0.3 is 14.6 Å². The summed E-state index contributed by atoms with van der Waals surface area (Å²) < 4.78 is 33.6. The topological polar surface area (TPSA) is 85.2 Å². The zero-order valence-corrected chi connectivity index (χ0v) is 13.3. The number of nitrogens with one attached hydrogen (secondary N) is 2. The smallest absolute Gasteiger partial charge is 0.259 e. The van der Waals surface area contributed by atoms with E-state index in [0.29, 0.717) is 13.2 Å². The molecule has 2 N–H and O–H groups in total. The maximum Gasteiger partial charge on any atom is 0.259 e. The zero-order chi connectivity index (χ0) is 13.9. The van der Waals surface area contributed by atoms with Crippen LogP contribution in [0.1, 0.15) is 12.8 Å². The minimum atomic E-state index is -3.56. The summed E-state index contributed by atoms with van der Waals surface area (Å²) in [6.45, 7) is 1.67. The molecule has 0 aliphatic carbocycles. The van der Waals surface area contributed by atoms with Crippen molar-refractivity contribution in [2.75, 3.05) is 26.8 Å². The summed E-state index contributed by atoms with van der Waals surface area (Å²) in [7, 11) is -0.208. The monoisotopic (exact) mass is 324 g/mol. The Morgan fingerprint density at radius 2 is 2.35 bits per heavy atom. The molecule has 0 bridgehead atoms. The molecule has 1 saturated heterocycles. The number of halogens is 1. The van der Waals surface area contributed by atoms with Gasteiger partial charge in [0.2, 0.25) is 0 Å². The number of sulfonamides is 1. The number of hydrogen-bond acceptors (Lipinski definition) is 5. The van der Waals surface area contributed by atoms with Gasteiger partial charge in [0.1, 0.15) is 0 Å². The van der Waals surface area contributed by atoms with Gasteiger partial charge in [-0.2, -0.15) is 0 Å². The van der Waals surface area contributed by atoms with Gasteiger partial charge in [-0.1, -0.05) is 0 Å². The van der Waals surface area contributed by atoms with Gasteiger partial charge in [0.25, 0.3) is 10.0 Å². The van der Waals surface area contributed by atoms with Crippen molar-refractivity contribution in [3.05, 3.63) is 12.5 Å². The van der Waals surface area contributed by atoms with Crippen LogP contribution < -0.4 is 10.0 Å². The Hall–Kier alpha value is -0.670. The molecule has 1 aromatic heterocycles. The van der Waals surface area contributed by atoms with Crippen molar-refractivity contribution in [1.82, 2.24) is 19.6 Å². The summed E-state index contributed by atoms with van der Waals surface area (Å²) in [5.41, 5.74) is -0.309. The van der Waals surface area contributed by atoms with Crippen LogP contribution in [0.2, 0.25) is 0 Å². The third-order valence-electron chi connectivity index (χ3n) is 3.31. The van der Waals surface area contributed by atoms with E-state index < -0.39 is 10.0 Å². The fraction of sp³-hybridized carbons (Fsp3) is 0.727. The summed E-state index contributed by atoms with van der Waals surface area (Å²) in [5.74, 6) is 0. The van der Waals surface area contributed by atoms with Crippen LogP contribution in [0.4, 0.5) is 0 Å². The molecule has 0 saturated carbocycles. The fourth-order valence-electron chi connectivity index (χ4n) is 2.30. The molecule has 1 aliphatic heterocycles. The van der Waals surface area contributed by atoms with Gasteiger partial charge in [0.15, 0.2) is 5.03 Å². The van der Waals surface area contributed by atoms with Gasteiger partial charge in [-0.25, -0.2) is 18.1 Å². The molecular weight excluding hydrogens is 304 g/mol. The van der Waals surface area contributed by atoms with Gasteiger partial charge in [0, 0.05) is 26.9 Å². The zero-order valence-electron chi connectivity index (χ0n) is 11.6. The predicted octanol–water partition coefficient (Wildman–Crippen LogP) is -0.111. The van der Waals surface area contributed by atoms with Crippen LogP contribution in [0, 0.1) is 0 Å². The molecule has 7 nitrogen and oxygen atoms in total. The lowest BCUT2D eigenvalue weighted by Gasteiger charge is -2.28. The fourth-order valence-corrected chi connectivity index (χ4v) is 3.41. The number of hydrogen-bond donors (Lipinski definition) is 2. The number of aromatic nitrogens is 2. The van der Waals surface area contributed by atoms with Gasteiger partial charge in [0.05, 0.1) is 18.5 Å². The van der Waals surface area contributed by atoms with Crippen molar-refractivity contribution in [3.8, 4) is 0 Å². The van der Waals surface area contributed by atoms with Crippen molar-refractivity contribution in [1.29, 1.82) is 0 Å². The van der Waals surface area contributed by atoms with Crippen LogP contribution in [0.25, 0.3) is 0 Å². The van der Waals surface area contributed by atoms with E-state index in [0.717, 1.165) is 19.4 Å². The number of aryl methyl sites for hydroxylation is 1. The first-order chi connectivity index (χ1) is 8.97. The average molecular weight is 325 g/mol. The summed E-state index contributed by atoms with van der Waals surface area (Å²) >= 11 is 0. The highest BCUT2D eigenvalue weighted by Gasteiger charge is 2.35. The van der Waals surface area contributed by atoms with Gasteiger partial charge in [-0.05, 0) is 19.4 Å². The predicted molar refractivity (Wildman–Crippen MR) is 77.5 cm³/mol. The molecule has 116 valence electrons. The number of methoxy groups -OCH3 is 1. The highest BCUT2D eigenvalue weighted by molar-refractivity contribution is 7.89. The highest BCUT2D eigenvalue weighted by atomic mass is 35.5. The SMILES string of the molecule is COCC1(CNS(=O)(=O)c2cn(C)cn2)CCCN1.Cl. The Balaban J connectivity index is 0.00000200. The average Bonchev–Trinajstić information content (AvgIpc) is 2.98. The molecule has 2 rings (SSSR count). The van der Waals surface area contributed by atoms with Gasteiger partial charge >= 0.3 is 0 Å². The van der Waals surface area contributed by atoms with Crippen molar-refractivity contribution in [2.24, 2.45) is 7.05 Å². The molecule has 20 heavy (non-hydrogen) atoms. The Kier molecular flexibility index (Phi) is 5.96. The number of imidazole rings is 1. The van der Waals surface area contributed by atoms with Gasteiger partial charge in [-0.15, -0.1) is 12.4 Å². The molecule has 2 heterocycles. The van der Waals surface area contributed by atoms with Crippen LogP contribution in [0.3, 0.4) is 0 Å². The first-order valence-electron chi connectivity index (χ1n) is 6.19. The summed E-state index contributed by atoms with van der Waals surface area (Å²) in [5, 5.41) is 3.36. The van der Waals surface area contributed by atoms with Crippen LogP contribution in [0.5, 0.6) is 0 Å². The first kappa shape index (κ1) is 17.4. The molecule has 1 atom stereocenters. The van der Waals surface area contributed by atoms with E-state index in [-0.39, 0.29) is 23.0 Å². The number of ether oxygens (including phenoxy) is 1. The molecule has 0 amide bonds. The van der Waals surface area contributed by atoms with Crippen LogP contribution >= 0.6 is 12.4 Å². The van der Waals surface area contributed by atoms with Crippen LogP contribution in [-0.4, -0.2) is 50.3 Å². The maximum absolute atomic E-state index is 12.1. The van der Waals surface area contributed by atoms with Crippen LogP contribution in [-0.2, 0) is 21.8 Å². The molecular formula is C11H21ClN4O3S. The third kappa shape index (κ3) is 3.92. The van der Waals surface area contributed by atoms with E-state index in [4.69, 9.17) is 4.74 Å². The van der Waals surface area contributed by atoms with Crippen LogP contribution in [0.15, 0.2) is 17.6 Å². The molecule has 1 fully saturated rings. The van der Waals surface area contributed by atoms with E-state index in [9.17, 15) is 8.42 Å². The standard InChI is InChI=1S/C11H20N4O3S.ClH/c1-15-6-10(12-9-15)19(16,17)14-7-11(8-18-2)4-3-5-13-11;/h6,9,13-14H,3-5,7-8H2,1-2H3;1H. The minimum Gasteiger partial charge on any atom is -0.383 e. The lowest BCUT2D eigenvalue weighted by Crippen LogP contribution is -2.52. The van der Waals surface area contributed by atoms with Crippen molar-refractivity contribution in [3.63, 3.8) is 0 Å². The quantitative estimate of drug-likeness (QED) is 0.762. The molecule has 9 heteroatoms. The molecule has 1 unspecified atom stereocenters. The second kappa shape index (κ2) is 6.86. The van der Waals surface area contributed by atoms with Crippen molar-refractivity contribution in [2.45, 2.75) is 23.4 Å². The Morgan fingerprint density at radius 1 is 1.60 bits per heavy atom. The largest absolute Gasteiger partial charge is 0.383 e. The highest BCUT2D eigenvalue weighted by Crippen LogP contribution is 2.19. The molecule has 0 spiro atoms. The lowest BCUT2D eigenvalue weighted by atomic mass is 9.99. The second-order valence-electron chi connectivity index (χ2n) is 4.95. The summed E-state index contributed by atoms with van der Waals surface area (Å²) in [4.78, 5) is 3.86. The van der Waals surface area contributed by atoms with Crippen molar-refractivity contribution < 1.29 is 13.2 Å². The Labute approximate surface area is 125 Å². The molecule has 0 radical (unpaired) electrons. The normalized spacial score (nSPS) is 22.7. The molecule has 1 aliphatic rings. The van der Waals surface area contributed by atoms with E-state index in [1.54, 1.807) is 18.7 Å². The van der Waals surface area contributed by atoms with E-state index in [1.165, 1.54) is 12.5 Å². The lowest BCUT2D eigenvalue weighted by molar-refractivity contribution is 0.122. The second-order valence-corrected chi connectivity index (χ2v) is 6.66. The van der Waals surface area contributed by atoms with E-state index in [1.807, 2.05) is 0 Å². The number of nitrogens with zero attached hydrogens (tertiary/aromatic N) is 2. The van der Waals surface area contributed by atoms with E-state index >= 15 is 0 Å². The Morgan fingerprint density at radius 3 is 2.85 bits per heavy atom. The first-order valence-corrected chi connectivity index (χ1v) is 7.67. The van der Waals surface area contributed by atoms with E-state index in [2.05, 4.69) is 15.0 Å². The Bertz CT molecular complexity index is 526. The molecule has 0 aromatic carbocycles. The summed E-state index contributed by atoms with van der Waals surface area (Å²) in [6.07, 6.45) is 4.86. The summed E-state index contributed by atoms with van der Waals surface area (Å²) in [6, 6.07) is 0.